The number of thiophene rings is 1. The van der Waals surface area contributed by atoms with Gasteiger partial charge in [0.15, 0.2) is 0 Å². The molecule has 0 spiro atoms. The van der Waals surface area contributed by atoms with E-state index in [1.54, 1.807) is 23.6 Å². The molecule has 0 radical (unpaired) electrons. The second kappa shape index (κ2) is 8.50. The quantitative estimate of drug-likeness (QED) is 0.598. The third kappa shape index (κ3) is 3.95. The minimum Gasteiger partial charge on any atom is -0.443 e. The number of rotatable bonds is 5. The zero-order valence-electron chi connectivity index (χ0n) is 17.9. The van der Waals surface area contributed by atoms with Crippen molar-refractivity contribution in [2.75, 3.05) is 0 Å². The second-order valence-corrected chi connectivity index (χ2v) is 9.51. The topological polar surface area (TPSA) is 90.3 Å². The first-order chi connectivity index (χ1) is 15.5. The summed E-state index contributed by atoms with van der Waals surface area (Å²) in [5.41, 5.74) is 1.09. The number of nitrogens with one attached hydrogen (secondary N) is 1. The number of benzene rings is 1. The number of hydrogen-bond acceptors (Lipinski definition) is 6. The number of nitrogens with zero attached hydrogens (tertiary/aromatic N) is 2. The van der Waals surface area contributed by atoms with E-state index in [-0.39, 0.29) is 17.5 Å². The van der Waals surface area contributed by atoms with Gasteiger partial charge in [-0.1, -0.05) is 36.8 Å². The summed E-state index contributed by atoms with van der Waals surface area (Å²) in [7, 11) is 0. The summed E-state index contributed by atoms with van der Waals surface area (Å²) in [5, 5.41) is 3.40. The lowest BCUT2D eigenvalue weighted by Gasteiger charge is -2.17. The highest BCUT2D eigenvalue weighted by Crippen LogP contribution is 2.31. The van der Waals surface area contributed by atoms with E-state index in [1.165, 1.54) is 11.3 Å². The van der Waals surface area contributed by atoms with Gasteiger partial charge >= 0.3 is 5.97 Å². The first-order valence-electron chi connectivity index (χ1n) is 11.1. The van der Waals surface area contributed by atoms with Gasteiger partial charge in [0, 0.05) is 24.6 Å². The van der Waals surface area contributed by atoms with Gasteiger partial charge in [-0.05, 0) is 38.2 Å². The summed E-state index contributed by atoms with van der Waals surface area (Å²) in [6.45, 7) is 2.41. The molecule has 1 aliphatic heterocycles. The highest BCUT2D eigenvalue weighted by atomic mass is 32.1. The average Bonchev–Trinajstić information content (AvgIpc) is 3.58. The van der Waals surface area contributed by atoms with Crippen LogP contribution in [0.1, 0.15) is 64.8 Å². The monoisotopic (exact) mass is 451 g/mol. The van der Waals surface area contributed by atoms with Gasteiger partial charge < -0.3 is 10.1 Å². The van der Waals surface area contributed by atoms with E-state index in [9.17, 15) is 14.4 Å². The number of aryl methyl sites for hydroxylation is 2. The molecule has 0 unspecified atom stereocenters. The Labute approximate surface area is 189 Å². The van der Waals surface area contributed by atoms with E-state index < -0.39 is 12.1 Å². The predicted molar refractivity (Wildman–Crippen MR) is 122 cm³/mol. The summed E-state index contributed by atoms with van der Waals surface area (Å²) < 4.78 is 7.48. The summed E-state index contributed by atoms with van der Waals surface area (Å²) >= 11 is 1.17. The Morgan fingerprint density at radius 1 is 1.19 bits per heavy atom. The molecule has 7 nitrogen and oxygen atoms in total. The molecule has 1 amide bonds. The molecule has 1 fully saturated rings. The van der Waals surface area contributed by atoms with Crippen molar-refractivity contribution in [2.24, 2.45) is 0 Å². The van der Waals surface area contributed by atoms with Crippen LogP contribution in [0.3, 0.4) is 0 Å². The minimum atomic E-state index is -1.04. The molecule has 32 heavy (non-hydrogen) atoms. The number of esters is 1. The molecule has 166 valence electrons. The summed E-state index contributed by atoms with van der Waals surface area (Å²) in [6.07, 6.45) is 4.64. The van der Waals surface area contributed by atoms with Gasteiger partial charge in [0.1, 0.15) is 15.5 Å². The van der Waals surface area contributed by atoms with Crippen LogP contribution in [0.4, 0.5) is 0 Å². The molecule has 5 rings (SSSR count). The van der Waals surface area contributed by atoms with Crippen LogP contribution in [0.2, 0.25) is 0 Å². The van der Waals surface area contributed by atoms with Crippen LogP contribution in [0.15, 0.2) is 35.1 Å². The molecule has 2 aromatic heterocycles. The van der Waals surface area contributed by atoms with E-state index in [1.807, 2.05) is 18.2 Å². The van der Waals surface area contributed by atoms with Crippen LogP contribution < -0.4 is 10.9 Å². The van der Waals surface area contributed by atoms with E-state index in [2.05, 4.69) is 5.32 Å². The number of fused-ring (bicyclic) bond motifs is 2. The van der Waals surface area contributed by atoms with E-state index in [0.29, 0.717) is 32.8 Å². The maximum Gasteiger partial charge on any atom is 0.349 e. The summed E-state index contributed by atoms with van der Waals surface area (Å²) in [6, 6.07) is 9.16. The number of carbonyl (C=O) groups is 2. The van der Waals surface area contributed by atoms with Crippen molar-refractivity contribution < 1.29 is 14.3 Å². The zero-order chi connectivity index (χ0) is 22.2. The standard InChI is InChI=1S/C24H25N3O4S/c1-14-18-22(26-17-10-6-3-7-13-27(17)23(18)29)32-20(14)24(30)31-19(15-8-4-2-5-9-15)21(28)25-16-11-12-16/h2,4-5,8-9,16,19H,3,6-7,10-13H2,1H3,(H,25,28)/t19-/m1/s1. The molecule has 3 heterocycles. The van der Waals surface area contributed by atoms with Crippen molar-refractivity contribution in [1.29, 1.82) is 0 Å². The maximum absolute atomic E-state index is 13.2. The highest BCUT2D eigenvalue weighted by molar-refractivity contribution is 7.20. The average molecular weight is 452 g/mol. The minimum absolute atomic E-state index is 0.0919. The van der Waals surface area contributed by atoms with E-state index in [4.69, 9.17) is 9.72 Å². The van der Waals surface area contributed by atoms with Crippen LogP contribution in [0.5, 0.6) is 0 Å². The van der Waals surface area contributed by atoms with Gasteiger partial charge in [0.05, 0.1) is 5.39 Å². The fourth-order valence-electron chi connectivity index (χ4n) is 4.17. The number of aromatic nitrogens is 2. The molecule has 0 bridgehead atoms. The Morgan fingerprint density at radius 2 is 1.97 bits per heavy atom. The lowest BCUT2D eigenvalue weighted by Crippen LogP contribution is -2.33. The van der Waals surface area contributed by atoms with Crippen molar-refractivity contribution in [3.63, 3.8) is 0 Å². The Bertz CT molecular complexity index is 1240. The van der Waals surface area contributed by atoms with Crippen LogP contribution in [-0.4, -0.2) is 27.5 Å². The van der Waals surface area contributed by atoms with E-state index >= 15 is 0 Å². The zero-order valence-corrected chi connectivity index (χ0v) is 18.7. The molecule has 8 heteroatoms. The predicted octanol–water partition coefficient (Wildman–Crippen LogP) is 3.67. The summed E-state index contributed by atoms with van der Waals surface area (Å²) in [5.74, 6) is -0.146. The fourth-order valence-corrected chi connectivity index (χ4v) is 5.24. The second-order valence-electron chi connectivity index (χ2n) is 8.51. The Balaban J connectivity index is 1.49. The largest absolute Gasteiger partial charge is 0.443 e. The molecule has 1 aliphatic carbocycles. The molecule has 3 aromatic rings. The Morgan fingerprint density at radius 3 is 2.72 bits per heavy atom. The fraction of sp³-hybridized carbons (Fsp3) is 0.417. The van der Waals surface area contributed by atoms with Gasteiger partial charge in [-0.2, -0.15) is 0 Å². The highest BCUT2D eigenvalue weighted by Gasteiger charge is 2.32. The van der Waals surface area contributed by atoms with Gasteiger partial charge in [-0.25, -0.2) is 9.78 Å². The maximum atomic E-state index is 13.2. The first-order valence-corrected chi connectivity index (χ1v) is 11.9. The number of ether oxygens (including phenoxy) is 1. The molecular formula is C24H25N3O4S. The van der Waals surface area contributed by atoms with Crippen LogP contribution in [0, 0.1) is 6.92 Å². The van der Waals surface area contributed by atoms with Crippen molar-refractivity contribution >= 4 is 33.4 Å². The molecule has 1 saturated carbocycles. The third-order valence-corrected chi connectivity index (χ3v) is 7.25. The molecular weight excluding hydrogens is 426 g/mol. The number of amides is 1. The lowest BCUT2D eigenvalue weighted by atomic mass is 10.1. The van der Waals surface area contributed by atoms with Crippen molar-refractivity contribution in [3.05, 3.63) is 62.5 Å². The number of carbonyl (C=O) groups excluding carboxylic acids is 2. The smallest absolute Gasteiger partial charge is 0.349 e. The Hall–Kier alpha value is -3.00. The van der Waals surface area contributed by atoms with Crippen LogP contribution in [-0.2, 0) is 22.5 Å². The van der Waals surface area contributed by atoms with Gasteiger partial charge in [-0.15, -0.1) is 11.3 Å². The van der Waals surface area contributed by atoms with Gasteiger partial charge in [0.2, 0.25) is 6.10 Å². The molecule has 1 aromatic carbocycles. The summed E-state index contributed by atoms with van der Waals surface area (Å²) in [4.78, 5) is 44.8. The normalized spacial score (nSPS) is 16.8. The van der Waals surface area contributed by atoms with Crippen molar-refractivity contribution in [1.82, 2.24) is 14.9 Å². The molecule has 2 aliphatic rings. The van der Waals surface area contributed by atoms with Crippen molar-refractivity contribution in [2.45, 2.75) is 64.1 Å². The van der Waals surface area contributed by atoms with Crippen molar-refractivity contribution in [3.8, 4) is 0 Å². The molecule has 1 atom stereocenters. The number of hydrogen-bond donors (Lipinski definition) is 1. The third-order valence-electron chi connectivity index (χ3n) is 6.09. The lowest BCUT2D eigenvalue weighted by molar-refractivity contribution is -0.130. The van der Waals surface area contributed by atoms with E-state index in [0.717, 1.165) is 44.3 Å². The molecule has 1 N–H and O–H groups in total. The SMILES string of the molecule is Cc1c(C(=O)O[C@@H](C(=O)NC2CC2)c2ccccc2)sc2nc3n(c(=O)c12)CCCCC3. The van der Waals surface area contributed by atoms with Gasteiger partial charge in [-0.3, -0.25) is 14.2 Å². The van der Waals surface area contributed by atoms with Crippen LogP contribution in [0.25, 0.3) is 10.2 Å². The Kier molecular flexibility index (Phi) is 5.55. The van der Waals surface area contributed by atoms with Crippen LogP contribution >= 0.6 is 11.3 Å². The first kappa shape index (κ1) is 20.9. The van der Waals surface area contributed by atoms with Gasteiger partial charge in [0.25, 0.3) is 11.5 Å². The molecule has 0 saturated heterocycles.